The summed E-state index contributed by atoms with van der Waals surface area (Å²) >= 11 is 0. The number of hydrogen-bond donors (Lipinski definition) is 1. The van der Waals surface area contributed by atoms with Crippen LogP contribution < -0.4 is 9.64 Å². The molecule has 1 aromatic carbocycles. The first-order valence-electron chi connectivity index (χ1n) is 12.4. The van der Waals surface area contributed by atoms with Gasteiger partial charge in [-0.25, -0.2) is 9.18 Å². The Labute approximate surface area is 196 Å². The fraction of sp³-hybridized carbons (Fsp3) is 0.692. The molecular formula is C26H38FNO5. The molecule has 0 atom stereocenters. The number of ether oxygens (including phenoxy) is 2. The first-order valence-corrected chi connectivity index (χ1v) is 12.4. The van der Waals surface area contributed by atoms with Crippen LogP contribution in [0.2, 0.25) is 0 Å². The number of aliphatic hydroxyl groups excluding tert-OH is 1. The Morgan fingerprint density at radius 2 is 1.76 bits per heavy atom. The molecule has 0 spiro atoms. The topological polar surface area (TPSA) is 76.1 Å². The Morgan fingerprint density at radius 3 is 2.36 bits per heavy atom. The molecule has 3 rings (SSSR count). The Morgan fingerprint density at radius 1 is 1.09 bits per heavy atom. The van der Waals surface area contributed by atoms with Gasteiger partial charge < -0.3 is 19.5 Å². The van der Waals surface area contributed by atoms with Crippen LogP contribution >= 0.6 is 0 Å². The van der Waals surface area contributed by atoms with Crippen LogP contribution in [0.25, 0.3) is 0 Å². The molecule has 1 aromatic rings. The molecule has 2 fully saturated rings. The second-order valence-electron chi connectivity index (χ2n) is 9.62. The molecule has 0 saturated heterocycles. The summed E-state index contributed by atoms with van der Waals surface area (Å²) in [7, 11) is 1.28. The molecule has 0 radical (unpaired) electrons. The van der Waals surface area contributed by atoms with E-state index in [-0.39, 0.29) is 41.0 Å². The molecule has 184 valence electrons. The molecule has 2 aliphatic carbocycles. The Bertz CT molecular complexity index is 813. The van der Waals surface area contributed by atoms with E-state index in [4.69, 9.17) is 9.47 Å². The van der Waals surface area contributed by atoms with Crippen LogP contribution in [0.4, 0.5) is 10.1 Å². The number of carbonyl (C=O) groups excluding carboxylic acids is 2. The maximum Gasteiger partial charge on any atom is 0.340 e. The van der Waals surface area contributed by atoms with Crippen LogP contribution in [0.15, 0.2) is 12.1 Å². The highest BCUT2D eigenvalue weighted by atomic mass is 19.1. The Kier molecular flexibility index (Phi) is 9.12. The third-order valence-electron chi connectivity index (χ3n) is 7.10. The van der Waals surface area contributed by atoms with Gasteiger partial charge in [-0.3, -0.25) is 4.79 Å². The molecule has 2 saturated carbocycles. The fourth-order valence-electron chi connectivity index (χ4n) is 4.97. The van der Waals surface area contributed by atoms with E-state index in [2.05, 4.69) is 6.92 Å². The van der Waals surface area contributed by atoms with Crippen LogP contribution in [-0.4, -0.2) is 42.8 Å². The normalized spacial score (nSPS) is 25.4. The zero-order chi connectivity index (χ0) is 24.0. The van der Waals surface area contributed by atoms with Crippen molar-refractivity contribution >= 4 is 17.6 Å². The van der Waals surface area contributed by atoms with Gasteiger partial charge in [-0.05, 0) is 69.8 Å². The number of methoxy groups -OCH3 is 1. The summed E-state index contributed by atoms with van der Waals surface area (Å²) in [5.41, 5.74) is 0.376. The molecule has 0 aromatic heterocycles. The highest BCUT2D eigenvalue weighted by Crippen LogP contribution is 2.38. The predicted octanol–water partition coefficient (Wildman–Crippen LogP) is 5.25. The summed E-state index contributed by atoms with van der Waals surface area (Å²) in [6.45, 7) is 4.55. The summed E-state index contributed by atoms with van der Waals surface area (Å²) in [4.78, 5) is 28.2. The van der Waals surface area contributed by atoms with Crippen LogP contribution in [-0.2, 0) is 9.53 Å². The van der Waals surface area contributed by atoms with Gasteiger partial charge in [0.25, 0.3) is 0 Å². The van der Waals surface area contributed by atoms with E-state index in [1.54, 1.807) is 4.90 Å². The van der Waals surface area contributed by atoms with Gasteiger partial charge >= 0.3 is 5.97 Å². The minimum atomic E-state index is -0.628. The van der Waals surface area contributed by atoms with Gasteiger partial charge in [0, 0.05) is 18.0 Å². The molecular weight excluding hydrogens is 425 g/mol. The summed E-state index contributed by atoms with van der Waals surface area (Å²) in [6.07, 6.45) is 7.18. The van der Waals surface area contributed by atoms with Crippen LogP contribution in [0, 0.1) is 17.7 Å². The Balaban J connectivity index is 2.01. The van der Waals surface area contributed by atoms with Crippen molar-refractivity contribution in [1.82, 2.24) is 0 Å². The fourth-order valence-corrected chi connectivity index (χ4v) is 4.97. The van der Waals surface area contributed by atoms with Crippen LogP contribution in [0.3, 0.4) is 0 Å². The number of esters is 1. The van der Waals surface area contributed by atoms with Crippen molar-refractivity contribution in [2.75, 3.05) is 18.6 Å². The van der Waals surface area contributed by atoms with Crippen molar-refractivity contribution in [3.05, 3.63) is 23.5 Å². The summed E-state index contributed by atoms with van der Waals surface area (Å²) in [5.74, 6) is -0.856. The molecule has 2 aliphatic rings. The number of aliphatic hydroxyl groups is 1. The van der Waals surface area contributed by atoms with Gasteiger partial charge in [-0.2, -0.15) is 0 Å². The summed E-state index contributed by atoms with van der Waals surface area (Å²) < 4.78 is 25.7. The third kappa shape index (κ3) is 6.25. The van der Waals surface area contributed by atoms with E-state index in [0.717, 1.165) is 38.5 Å². The van der Waals surface area contributed by atoms with Gasteiger partial charge in [0.1, 0.15) is 0 Å². The number of rotatable bonds is 8. The van der Waals surface area contributed by atoms with E-state index in [9.17, 15) is 14.7 Å². The van der Waals surface area contributed by atoms with Gasteiger partial charge in [0.05, 0.1) is 31.1 Å². The number of anilines is 1. The van der Waals surface area contributed by atoms with Gasteiger partial charge in [-0.1, -0.05) is 20.3 Å². The van der Waals surface area contributed by atoms with Crippen molar-refractivity contribution in [3.63, 3.8) is 0 Å². The highest BCUT2D eigenvalue weighted by Gasteiger charge is 2.37. The average Bonchev–Trinajstić information content (AvgIpc) is 2.81. The molecule has 0 heterocycles. The predicted molar refractivity (Wildman–Crippen MR) is 125 cm³/mol. The SMILES string of the molecule is CCCCOc1cc(C(=O)OC)c(N(C(=O)[C@H]2CC[C@H](C)CC2)C2CCC(O)CC2)cc1F. The van der Waals surface area contributed by atoms with Crippen molar-refractivity contribution in [1.29, 1.82) is 0 Å². The number of amides is 1. The quantitative estimate of drug-likeness (QED) is 0.421. The molecule has 7 heteroatoms. The lowest BCUT2D eigenvalue weighted by Gasteiger charge is -2.39. The zero-order valence-corrected chi connectivity index (χ0v) is 20.1. The lowest BCUT2D eigenvalue weighted by atomic mass is 9.81. The van der Waals surface area contributed by atoms with Crippen LogP contribution in [0.5, 0.6) is 5.75 Å². The van der Waals surface area contributed by atoms with Gasteiger partial charge in [0.2, 0.25) is 5.91 Å². The van der Waals surface area contributed by atoms with E-state index in [1.807, 2.05) is 6.92 Å². The first-order chi connectivity index (χ1) is 15.8. The first kappa shape index (κ1) is 25.5. The average molecular weight is 464 g/mol. The Hall–Kier alpha value is -2.15. The van der Waals surface area contributed by atoms with Crippen LogP contribution in [0.1, 0.15) is 88.4 Å². The molecule has 6 nitrogen and oxygen atoms in total. The minimum Gasteiger partial charge on any atom is -0.490 e. The van der Waals surface area contributed by atoms with Crippen molar-refractivity contribution in [3.8, 4) is 5.75 Å². The zero-order valence-electron chi connectivity index (χ0n) is 20.1. The van der Waals surface area contributed by atoms with E-state index < -0.39 is 11.8 Å². The van der Waals surface area contributed by atoms with E-state index in [0.29, 0.717) is 38.2 Å². The molecule has 0 bridgehead atoms. The standard InChI is InChI=1S/C26H38FNO5/c1-4-5-14-33-24-15-21(26(31)32-3)23(16-22(24)27)28(19-10-12-20(29)13-11-19)25(30)18-8-6-17(2)7-9-18/h15-20,29H,4-14H2,1-3H3/t17-,18-,19?,20?. The maximum atomic E-state index is 15.1. The van der Waals surface area contributed by atoms with Gasteiger partial charge in [-0.15, -0.1) is 0 Å². The number of hydrogen-bond acceptors (Lipinski definition) is 5. The monoisotopic (exact) mass is 463 g/mol. The minimum absolute atomic E-state index is 0.00874. The molecule has 1 amide bonds. The van der Waals surface area contributed by atoms with Crippen molar-refractivity contribution in [2.24, 2.45) is 11.8 Å². The van der Waals surface area contributed by atoms with Gasteiger partial charge in [0.15, 0.2) is 11.6 Å². The number of nitrogens with zero attached hydrogens (tertiary/aromatic N) is 1. The van der Waals surface area contributed by atoms with E-state index in [1.165, 1.54) is 19.2 Å². The molecule has 0 unspecified atom stereocenters. The lowest BCUT2D eigenvalue weighted by molar-refractivity contribution is -0.124. The largest absolute Gasteiger partial charge is 0.490 e. The van der Waals surface area contributed by atoms with Crippen molar-refractivity contribution in [2.45, 2.75) is 90.2 Å². The van der Waals surface area contributed by atoms with Crippen molar-refractivity contribution < 1.29 is 28.6 Å². The number of carbonyl (C=O) groups is 2. The highest BCUT2D eigenvalue weighted by molar-refractivity contribution is 6.04. The number of unbranched alkanes of at least 4 members (excludes halogenated alkanes) is 1. The third-order valence-corrected chi connectivity index (χ3v) is 7.10. The number of benzene rings is 1. The smallest absolute Gasteiger partial charge is 0.340 e. The second kappa shape index (κ2) is 11.8. The second-order valence-corrected chi connectivity index (χ2v) is 9.62. The molecule has 33 heavy (non-hydrogen) atoms. The summed E-state index contributed by atoms with van der Waals surface area (Å²) in [6, 6.07) is 2.42. The summed E-state index contributed by atoms with van der Waals surface area (Å²) in [5, 5.41) is 10.0. The lowest BCUT2D eigenvalue weighted by Crippen LogP contribution is -2.47. The molecule has 0 aliphatic heterocycles. The molecule has 1 N–H and O–H groups in total. The number of halogens is 1. The maximum absolute atomic E-state index is 15.1. The van der Waals surface area contributed by atoms with E-state index >= 15 is 4.39 Å².